The Morgan fingerprint density at radius 1 is 1.32 bits per heavy atom. The molecule has 25 heavy (non-hydrogen) atoms. The van der Waals surface area contributed by atoms with Crippen molar-refractivity contribution in [2.45, 2.75) is 64.9 Å². The lowest BCUT2D eigenvalue weighted by molar-refractivity contribution is -0.192. The van der Waals surface area contributed by atoms with Gasteiger partial charge in [-0.1, -0.05) is 50.6 Å². The van der Waals surface area contributed by atoms with Crippen molar-refractivity contribution < 1.29 is 19.0 Å². The molecular formula is C20H33NO4. The first-order chi connectivity index (χ1) is 11.9. The summed E-state index contributed by atoms with van der Waals surface area (Å²) >= 11 is 0. The van der Waals surface area contributed by atoms with Gasteiger partial charge in [0.25, 0.3) is 0 Å². The van der Waals surface area contributed by atoms with Crippen LogP contribution < -0.4 is 5.73 Å². The van der Waals surface area contributed by atoms with Crippen LogP contribution in [0.3, 0.4) is 0 Å². The fourth-order valence-corrected chi connectivity index (χ4v) is 2.78. The van der Waals surface area contributed by atoms with Gasteiger partial charge < -0.3 is 19.9 Å². The molecule has 5 nitrogen and oxygen atoms in total. The van der Waals surface area contributed by atoms with Crippen molar-refractivity contribution in [1.82, 2.24) is 0 Å². The molecule has 1 rings (SSSR count). The van der Waals surface area contributed by atoms with Crippen molar-refractivity contribution in [3.8, 4) is 0 Å². The summed E-state index contributed by atoms with van der Waals surface area (Å²) in [6, 6.07) is -0.678. The van der Waals surface area contributed by atoms with Crippen LogP contribution in [0.1, 0.15) is 40.5 Å². The number of esters is 1. The fourth-order valence-electron chi connectivity index (χ4n) is 2.78. The van der Waals surface area contributed by atoms with Crippen LogP contribution in [0.15, 0.2) is 36.0 Å². The Bertz CT molecular complexity index is 496. The molecule has 5 atom stereocenters. The van der Waals surface area contributed by atoms with Gasteiger partial charge in [0.1, 0.15) is 18.2 Å². The molecule has 0 amide bonds. The summed E-state index contributed by atoms with van der Waals surface area (Å²) in [4.78, 5) is 12.0. The van der Waals surface area contributed by atoms with Crippen molar-refractivity contribution in [1.29, 1.82) is 0 Å². The van der Waals surface area contributed by atoms with E-state index in [1.165, 1.54) is 0 Å². The minimum absolute atomic E-state index is 0.132. The van der Waals surface area contributed by atoms with Gasteiger partial charge in [-0.25, -0.2) is 0 Å². The number of ether oxygens (including phenoxy) is 3. The second-order valence-electron chi connectivity index (χ2n) is 6.63. The first-order valence-electron chi connectivity index (χ1n) is 9.02. The zero-order valence-electron chi connectivity index (χ0n) is 16.1. The molecule has 0 bridgehead atoms. The molecular weight excluding hydrogens is 318 g/mol. The minimum Gasteiger partial charge on any atom is -0.455 e. The third-order valence-electron chi connectivity index (χ3n) is 4.24. The average molecular weight is 351 g/mol. The maximum absolute atomic E-state index is 12.0. The Labute approximate surface area is 151 Å². The Balaban J connectivity index is 2.89. The monoisotopic (exact) mass is 351 g/mol. The number of allylic oxidation sites excluding steroid dienone is 5. The number of rotatable bonds is 8. The Hall–Kier alpha value is -1.43. The smallest absolute Gasteiger partial charge is 0.323 e. The standard InChI is InChI=1S/C20H33NO4/c1-6-7-8-9-10-11-12-14(2)18-19(25-20(22)16(4)21)17(23-5)15(3)13-24-18/h8-12,15-19H,6-7,13,21H2,1-5H3/b9-8+,11-10+,14-12+/t15-,16+,17-,18-,19+/m0/s1. The van der Waals surface area contributed by atoms with Crippen molar-refractivity contribution >= 4 is 5.97 Å². The molecule has 0 spiro atoms. The Morgan fingerprint density at radius 3 is 2.64 bits per heavy atom. The van der Waals surface area contributed by atoms with E-state index >= 15 is 0 Å². The number of hydrogen-bond acceptors (Lipinski definition) is 5. The van der Waals surface area contributed by atoms with Gasteiger partial charge in [-0.2, -0.15) is 0 Å². The minimum atomic E-state index is -0.678. The van der Waals surface area contributed by atoms with Crippen molar-refractivity contribution in [2.24, 2.45) is 11.7 Å². The lowest BCUT2D eigenvalue weighted by Gasteiger charge is -2.41. The van der Waals surface area contributed by atoms with Crippen LogP contribution in [-0.2, 0) is 19.0 Å². The van der Waals surface area contributed by atoms with Gasteiger partial charge in [0.2, 0.25) is 0 Å². The van der Waals surface area contributed by atoms with Gasteiger partial charge in [-0.15, -0.1) is 0 Å². The van der Waals surface area contributed by atoms with Gasteiger partial charge in [0, 0.05) is 13.0 Å². The van der Waals surface area contributed by atoms with E-state index in [1.54, 1.807) is 14.0 Å². The summed E-state index contributed by atoms with van der Waals surface area (Å²) in [5.41, 5.74) is 6.63. The van der Waals surface area contributed by atoms with Crippen LogP contribution in [0.2, 0.25) is 0 Å². The molecule has 0 aromatic rings. The maximum Gasteiger partial charge on any atom is 0.323 e. The topological polar surface area (TPSA) is 70.8 Å². The summed E-state index contributed by atoms with van der Waals surface area (Å²) in [6.45, 7) is 8.31. The molecule has 1 aliphatic rings. The quantitative estimate of drug-likeness (QED) is 0.537. The molecule has 5 heteroatoms. The third kappa shape index (κ3) is 6.77. The van der Waals surface area contributed by atoms with E-state index in [-0.39, 0.29) is 18.1 Å². The molecule has 2 N–H and O–H groups in total. The summed E-state index contributed by atoms with van der Waals surface area (Å²) in [5.74, 6) is -0.312. The van der Waals surface area contributed by atoms with Crippen LogP contribution in [0.25, 0.3) is 0 Å². The predicted octanol–water partition coefficient (Wildman–Crippen LogP) is 3.15. The van der Waals surface area contributed by atoms with E-state index in [9.17, 15) is 4.79 Å². The SMILES string of the molecule is CCC/C=C/C=C/C=C(\C)[C@@H]1OC[C@H](C)[C@H](OC)[C@H]1OC(=O)[C@@H](C)N. The molecule has 0 aliphatic carbocycles. The van der Waals surface area contributed by atoms with Crippen molar-refractivity contribution in [3.63, 3.8) is 0 Å². The van der Waals surface area contributed by atoms with E-state index in [4.69, 9.17) is 19.9 Å². The van der Waals surface area contributed by atoms with E-state index in [2.05, 4.69) is 13.0 Å². The zero-order valence-corrected chi connectivity index (χ0v) is 16.1. The van der Waals surface area contributed by atoms with Gasteiger partial charge >= 0.3 is 5.97 Å². The van der Waals surface area contributed by atoms with Crippen LogP contribution in [0, 0.1) is 5.92 Å². The van der Waals surface area contributed by atoms with Gasteiger partial charge in [-0.3, -0.25) is 4.79 Å². The summed E-state index contributed by atoms with van der Waals surface area (Å²) in [7, 11) is 1.63. The average Bonchev–Trinajstić information content (AvgIpc) is 2.58. The van der Waals surface area contributed by atoms with Crippen molar-refractivity contribution in [3.05, 3.63) is 36.0 Å². The van der Waals surface area contributed by atoms with Crippen molar-refractivity contribution in [2.75, 3.05) is 13.7 Å². The molecule has 1 fully saturated rings. The van der Waals surface area contributed by atoms with Gasteiger partial charge in [0.05, 0.1) is 6.61 Å². The molecule has 0 unspecified atom stereocenters. The van der Waals surface area contributed by atoms with Crippen LogP contribution in [0.5, 0.6) is 0 Å². The number of methoxy groups -OCH3 is 1. The predicted molar refractivity (Wildman–Crippen MR) is 100 cm³/mol. The number of unbranched alkanes of at least 4 members (excludes halogenated alkanes) is 1. The molecule has 0 aromatic carbocycles. The van der Waals surface area contributed by atoms with Gasteiger partial charge in [0.15, 0.2) is 6.10 Å². The fraction of sp³-hybridized carbons (Fsp3) is 0.650. The highest BCUT2D eigenvalue weighted by atomic mass is 16.6. The highest BCUT2D eigenvalue weighted by molar-refractivity contribution is 5.75. The molecule has 0 radical (unpaired) electrons. The Morgan fingerprint density at radius 2 is 2.04 bits per heavy atom. The number of carbonyl (C=O) groups is 1. The highest BCUT2D eigenvalue weighted by Gasteiger charge is 2.42. The second kappa shape index (κ2) is 11.2. The van der Waals surface area contributed by atoms with Crippen LogP contribution >= 0.6 is 0 Å². The lowest BCUT2D eigenvalue weighted by atomic mass is 9.90. The molecule has 0 aromatic heterocycles. The first kappa shape index (κ1) is 21.6. The third-order valence-corrected chi connectivity index (χ3v) is 4.24. The summed E-state index contributed by atoms with van der Waals surface area (Å²) < 4.78 is 17.2. The lowest BCUT2D eigenvalue weighted by Crippen LogP contribution is -2.53. The molecule has 1 saturated heterocycles. The second-order valence-corrected chi connectivity index (χ2v) is 6.63. The van der Waals surface area contributed by atoms with Crippen LogP contribution in [0.4, 0.5) is 0 Å². The number of carbonyl (C=O) groups excluding carboxylic acids is 1. The first-order valence-corrected chi connectivity index (χ1v) is 9.02. The largest absolute Gasteiger partial charge is 0.455 e. The molecule has 1 heterocycles. The van der Waals surface area contributed by atoms with E-state index in [0.29, 0.717) is 6.61 Å². The Kier molecular flexibility index (Phi) is 9.71. The number of hydrogen-bond donors (Lipinski definition) is 1. The molecule has 0 saturated carbocycles. The van der Waals surface area contributed by atoms with Crippen LogP contribution in [-0.4, -0.2) is 44.0 Å². The van der Waals surface area contributed by atoms with E-state index in [0.717, 1.165) is 18.4 Å². The maximum atomic E-state index is 12.0. The molecule has 1 aliphatic heterocycles. The van der Waals surface area contributed by atoms with E-state index in [1.807, 2.05) is 38.2 Å². The molecule has 142 valence electrons. The summed E-state index contributed by atoms with van der Waals surface area (Å²) in [6.07, 6.45) is 11.2. The summed E-state index contributed by atoms with van der Waals surface area (Å²) in [5, 5.41) is 0. The highest BCUT2D eigenvalue weighted by Crippen LogP contribution is 2.29. The normalized spacial score (nSPS) is 29.3. The van der Waals surface area contributed by atoms with Gasteiger partial charge in [-0.05, 0) is 25.8 Å². The number of nitrogens with two attached hydrogens (primary N) is 1. The zero-order chi connectivity index (χ0) is 18.8. The van der Waals surface area contributed by atoms with E-state index < -0.39 is 18.1 Å².